The number of urea groups is 1. The van der Waals surface area contributed by atoms with Crippen molar-refractivity contribution in [3.05, 3.63) is 35.4 Å². The van der Waals surface area contributed by atoms with Gasteiger partial charge in [-0.2, -0.15) is 13.2 Å². The van der Waals surface area contributed by atoms with Gasteiger partial charge in [0, 0.05) is 19.6 Å². The third-order valence-corrected chi connectivity index (χ3v) is 3.65. The first-order valence-electron chi connectivity index (χ1n) is 7.59. The zero-order valence-corrected chi connectivity index (χ0v) is 12.6. The van der Waals surface area contributed by atoms with Crippen LogP contribution in [0.1, 0.15) is 37.3 Å². The molecule has 2 amide bonds. The largest absolute Gasteiger partial charge is 0.416 e. The third-order valence-electron chi connectivity index (χ3n) is 3.65. The topological polar surface area (TPSA) is 32.3 Å². The van der Waals surface area contributed by atoms with Gasteiger partial charge in [-0.1, -0.05) is 19.1 Å². The van der Waals surface area contributed by atoms with Gasteiger partial charge in [-0.3, -0.25) is 0 Å². The van der Waals surface area contributed by atoms with Crippen LogP contribution in [0, 0.1) is 5.92 Å². The highest BCUT2D eigenvalue weighted by atomic mass is 19.4. The van der Waals surface area contributed by atoms with E-state index in [0.29, 0.717) is 18.0 Å². The molecule has 0 aromatic heterocycles. The van der Waals surface area contributed by atoms with E-state index in [2.05, 4.69) is 5.32 Å². The van der Waals surface area contributed by atoms with Crippen LogP contribution >= 0.6 is 0 Å². The molecule has 0 heterocycles. The molecule has 122 valence electrons. The van der Waals surface area contributed by atoms with E-state index in [1.165, 1.54) is 6.07 Å². The van der Waals surface area contributed by atoms with Crippen LogP contribution in [-0.4, -0.2) is 24.0 Å². The van der Waals surface area contributed by atoms with E-state index in [1.54, 1.807) is 11.0 Å². The maximum atomic E-state index is 12.7. The molecule has 3 nitrogen and oxygen atoms in total. The highest BCUT2D eigenvalue weighted by molar-refractivity contribution is 5.74. The van der Waals surface area contributed by atoms with E-state index < -0.39 is 11.7 Å². The van der Waals surface area contributed by atoms with Gasteiger partial charge in [0.15, 0.2) is 0 Å². The number of nitrogens with one attached hydrogen (secondary N) is 1. The molecule has 6 heteroatoms. The summed E-state index contributed by atoms with van der Waals surface area (Å²) in [6, 6.07) is 4.85. The fourth-order valence-electron chi connectivity index (χ4n) is 2.30. The van der Waals surface area contributed by atoms with Crippen molar-refractivity contribution < 1.29 is 18.0 Å². The Morgan fingerprint density at radius 3 is 2.68 bits per heavy atom. The number of halogens is 3. The fraction of sp³-hybridized carbons (Fsp3) is 0.562. The van der Waals surface area contributed by atoms with Gasteiger partial charge in [0.2, 0.25) is 0 Å². The van der Waals surface area contributed by atoms with Crippen LogP contribution in [0.5, 0.6) is 0 Å². The number of alkyl halides is 3. The second kappa shape index (κ2) is 7.03. The molecule has 1 saturated carbocycles. The maximum Gasteiger partial charge on any atom is 0.416 e. The predicted molar refractivity (Wildman–Crippen MR) is 78.3 cm³/mol. The summed E-state index contributed by atoms with van der Waals surface area (Å²) in [4.78, 5) is 13.9. The Bertz CT molecular complexity index is 512. The zero-order chi connectivity index (χ0) is 16.2. The Labute approximate surface area is 128 Å². The normalized spacial score (nSPS) is 14.7. The molecular formula is C16H21F3N2O. The van der Waals surface area contributed by atoms with Crippen molar-refractivity contribution >= 4 is 6.03 Å². The zero-order valence-electron chi connectivity index (χ0n) is 12.6. The average molecular weight is 314 g/mol. The Kier molecular flexibility index (Phi) is 5.32. The van der Waals surface area contributed by atoms with Crippen molar-refractivity contribution in [2.75, 3.05) is 13.1 Å². The van der Waals surface area contributed by atoms with E-state index >= 15 is 0 Å². The lowest BCUT2D eigenvalue weighted by Gasteiger charge is -2.22. The van der Waals surface area contributed by atoms with Crippen molar-refractivity contribution in [2.24, 2.45) is 5.92 Å². The quantitative estimate of drug-likeness (QED) is 0.844. The van der Waals surface area contributed by atoms with Gasteiger partial charge < -0.3 is 10.2 Å². The minimum atomic E-state index is -4.36. The molecule has 2 rings (SSSR count). The van der Waals surface area contributed by atoms with Crippen molar-refractivity contribution in [3.8, 4) is 0 Å². The Balaban J connectivity index is 1.91. The van der Waals surface area contributed by atoms with Crippen molar-refractivity contribution in [1.29, 1.82) is 0 Å². The maximum absolute atomic E-state index is 12.7. The summed E-state index contributed by atoms with van der Waals surface area (Å²) in [5.41, 5.74) is -0.242. The molecule has 0 bridgehead atoms. The first-order chi connectivity index (χ1) is 10.4. The monoisotopic (exact) mass is 314 g/mol. The van der Waals surface area contributed by atoms with E-state index in [9.17, 15) is 18.0 Å². The van der Waals surface area contributed by atoms with Crippen molar-refractivity contribution in [2.45, 2.75) is 38.9 Å². The van der Waals surface area contributed by atoms with Gasteiger partial charge in [0.05, 0.1) is 5.56 Å². The molecule has 1 fully saturated rings. The van der Waals surface area contributed by atoms with Crippen LogP contribution in [0.2, 0.25) is 0 Å². The molecule has 1 aliphatic carbocycles. The number of nitrogens with zero attached hydrogens (tertiary/aromatic N) is 1. The molecule has 1 N–H and O–H groups in total. The summed E-state index contributed by atoms with van der Waals surface area (Å²) in [7, 11) is 0. The van der Waals surface area contributed by atoms with Gasteiger partial charge in [-0.15, -0.1) is 0 Å². The number of benzene rings is 1. The Morgan fingerprint density at radius 2 is 2.09 bits per heavy atom. The summed E-state index contributed by atoms with van der Waals surface area (Å²) in [6.07, 6.45) is -1.19. The molecule has 1 aromatic carbocycles. The molecule has 0 spiro atoms. The molecule has 0 aliphatic heterocycles. The van der Waals surface area contributed by atoms with Crippen LogP contribution in [0.3, 0.4) is 0 Å². The first kappa shape index (κ1) is 16.6. The summed E-state index contributed by atoms with van der Waals surface area (Å²) in [5, 5.41) is 2.72. The first-order valence-corrected chi connectivity index (χ1v) is 7.59. The summed E-state index contributed by atoms with van der Waals surface area (Å²) in [5.74, 6) is 0.589. The number of carbonyl (C=O) groups is 1. The molecule has 0 unspecified atom stereocenters. The average Bonchev–Trinajstić information content (AvgIpc) is 3.28. The molecular weight excluding hydrogens is 293 g/mol. The number of rotatable bonds is 6. The summed E-state index contributed by atoms with van der Waals surface area (Å²) < 4.78 is 38.0. The lowest BCUT2D eigenvalue weighted by molar-refractivity contribution is -0.137. The molecule has 0 radical (unpaired) electrons. The predicted octanol–water partition coefficient (Wildman–Crippen LogP) is 4.04. The number of hydrogen-bond acceptors (Lipinski definition) is 1. The van der Waals surface area contributed by atoms with Crippen LogP contribution < -0.4 is 5.32 Å². The Hall–Kier alpha value is -1.72. The minimum Gasteiger partial charge on any atom is -0.334 e. The van der Waals surface area contributed by atoms with Gasteiger partial charge in [-0.05, 0) is 42.9 Å². The lowest BCUT2D eigenvalue weighted by atomic mass is 10.1. The van der Waals surface area contributed by atoms with Crippen LogP contribution in [-0.2, 0) is 12.7 Å². The number of amides is 2. The number of hydrogen-bond donors (Lipinski definition) is 1. The SMILES string of the molecule is CCCN(CC1CC1)C(=O)NCc1cccc(C(F)(F)F)c1. The van der Waals surface area contributed by atoms with Gasteiger partial charge >= 0.3 is 12.2 Å². The highest BCUT2D eigenvalue weighted by Crippen LogP contribution is 2.30. The van der Waals surface area contributed by atoms with Crippen LogP contribution in [0.25, 0.3) is 0 Å². The standard InChI is InChI=1S/C16H21F3N2O/c1-2-8-21(11-12-6-7-12)15(22)20-10-13-4-3-5-14(9-13)16(17,18)19/h3-5,9,12H,2,6-8,10-11H2,1H3,(H,20,22). The smallest absolute Gasteiger partial charge is 0.334 e. The molecule has 0 atom stereocenters. The minimum absolute atomic E-state index is 0.105. The molecule has 0 saturated heterocycles. The highest BCUT2D eigenvalue weighted by Gasteiger charge is 2.30. The van der Waals surface area contributed by atoms with Crippen molar-refractivity contribution in [1.82, 2.24) is 10.2 Å². The van der Waals surface area contributed by atoms with E-state index in [-0.39, 0.29) is 12.6 Å². The second-order valence-electron chi connectivity index (χ2n) is 5.75. The Morgan fingerprint density at radius 1 is 1.36 bits per heavy atom. The summed E-state index contributed by atoms with van der Waals surface area (Å²) in [6.45, 7) is 3.51. The summed E-state index contributed by atoms with van der Waals surface area (Å²) >= 11 is 0. The van der Waals surface area contributed by atoms with E-state index in [4.69, 9.17) is 0 Å². The molecule has 22 heavy (non-hydrogen) atoms. The molecule has 1 aromatic rings. The van der Waals surface area contributed by atoms with Gasteiger partial charge in [0.25, 0.3) is 0 Å². The van der Waals surface area contributed by atoms with E-state index in [0.717, 1.165) is 37.9 Å². The van der Waals surface area contributed by atoms with Gasteiger partial charge in [0.1, 0.15) is 0 Å². The fourth-order valence-corrected chi connectivity index (χ4v) is 2.30. The van der Waals surface area contributed by atoms with Crippen LogP contribution in [0.4, 0.5) is 18.0 Å². The van der Waals surface area contributed by atoms with Crippen molar-refractivity contribution in [3.63, 3.8) is 0 Å². The molecule has 1 aliphatic rings. The van der Waals surface area contributed by atoms with Crippen LogP contribution in [0.15, 0.2) is 24.3 Å². The lowest BCUT2D eigenvalue weighted by Crippen LogP contribution is -2.41. The van der Waals surface area contributed by atoms with Gasteiger partial charge in [-0.25, -0.2) is 4.79 Å². The number of carbonyl (C=O) groups excluding carboxylic acids is 1. The third kappa shape index (κ3) is 4.93. The van der Waals surface area contributed by atoms with E-state index in [1.807, 2.05) is 6.92 Å². The second-order valence-corrected chi connectivity index (χ2v) is 5.75.